The summed E-state index contributed by atoms with van der Waals surface area (Å²) in [5.74, 6) is 0.0324. The van der Waals surface area contributed by atoms with Gasteiger partial charge in [-0.05, 0) is 36.9 Å². The normalized spacial score (nSPS) is 10.8. The highest BCUT2D eigenvalue weighted by atomic mass is 16.1. The minimum atomic E-state index is 0.0324. The highest BCUT2D eigenvalue weighted by Gasteiger charge is 2.09. The minimum Gasteiger partial charge on any atom is -0.350 e. The van der Waals surface area contributed by atoms with Crippen LogP contribution in [0.2, 0.25) is 0 Å². The number of para-hydroxylation sites is 1. The molecule has 0 saturated carbocycles. The minimum absolute atomic E-state index is 0.0324. The zero-order valence-corrected chi connectivity index (χ0v) is 13.0. The second-order valence-electron chi connectivity index (χ2n) is 5.69. The van der Waals surface area contributed by atoms with E-state index in [1.807, 2.05) is 31.2 Å². The molecule has 3 rings (SSSR count). The quantitative estimate of drug-likeness (QED) is 0.783. The molecular formula is C19H20N2O. The molecule has 0 atom stereocenters. The number of amides is 1. The summed E-state index contributed by atoms with van der Waals surface area (Å²) < 4.78 is 2.06. The van der Waals surface area contributed by atoms with Gasteiger partial charge in [0.15, 0.2) is 0 Å². The Kier molecular flexibility index (Phi) is 3.96. The van der Waals surface area contributed by atoms with E-state index < -0.39 is 0 Å². The fourth-order valence-corrected chi connectivity index (χ4v) is 2.66. The molecule has 0 fully saturated rings. The number of aryl methyl sites for hydroxylation is 2. The average Bonchev–Trinajstić information content (AvgIpc) is 2.83. The van der Waals surface area contributed by atoms with Crippen molar-refractivity contribution >= 4 is 16.8 Å². The van der Waals surface area contributed by atoms with E-state index in [0.29, 0.717) is 13.1 Å². The average molecular weight is 292 g/mol. The van der Waals surface area contributed by atoms with Gasteiger partial charge in [-0.1, -0.05) is 48.0 Å². The molecule has 1 amide bonds. The number of fused-ring (bicyclic) bond motifs is 1. The SMILES string of the molecule is Cc1ccc(CNC(=O)Cn2c(C)cc3ccccc32)cc1. The lowest BCUT2D eigenvalue weighted by molar-refractivity contribution is -0.121. The van der Waals surface area contributed by atoms with Gasteiger partial charge >= 0.3 is 0 Å². The molecule has 1 heterocycles. The number of nitrogens with one attached hydrogen (secondary N) is 1. The van der Waals surface area contributed by atoms with Crippen LogP contribution in [0.1, 0.15) is 16.8 Å². The van der Waals surface area contributed by atoms with Crippen molar-refractivity contribution in [2.45, 2.75) is 26.9 Å². The monoisotopic (exact) mass is 292 g/mol. The summed E-state index contributed by atoms with van der Waals surface area (Å²) in [6, 6.07) is 18.5. The summed E-state index contributed by atoms with van der Waals surface area (Å²) in [5.41, 5.74) is 4.55. The number of nitrogens with zero attached hydrogens (tertiary/aromatic N) is 1. The van der Waals surface area contributed by atoms with Crippen LogP contribution in [0.15, 0.2) is 54.6 Å². The van der Waals surface area contributed by atoms with Crippen molar-refractivity contribution in [2.75, 3.05) is 0 Å². The second kappa shape index (κ2) is 6.06. The van der Waals surface area contributed by atoms with Crippen LogP contribution in [-0.2, 0) is 17.9 Å². The Balaban J connectivity index is 1.68. The van der Waals surface area contributed by atoms with Crippen molar-refractivity contribution in [1.29, 1.82) is 0 Å². The maximum Gasteiger partial charge on any atom is 0.240 e. The Bertz CT molecular complexity index is 800. The first-order valence-corrected chi connectivity index (χ1v) is 7.50. The Labute approximate surface area is 130 Å². The van der Waals surface area contributed by atoms with E-state index in [-0.39, 0.29) is 5.91 Å². The molecule has 0 saturated heterocycles. The van der Waals surface area contributed by atoms with E-state index in [9.17, 15) is 4.79 Å². The van der Waals surface area contributed by atoms with Crippen molar-refractivity contribution in [1.82, 2.24) is 9.88 Å². The summed E-state index contributed by atoms with van der Waals surface area (Å²) in [4.78, 5) is 12.2. The molecule has 1 aromatic heterocycles. The molecule has 0 radical (unpaired) electrons. The van der Waals surface area contributed by atoms with Gasteiger partial charge in [0.05, 0.1) is 0 Å². The van der Waals surface area contributed by atoms with E-state index in [1.165, 1.54) is 10.9 Å². The lowest BCUT2D eigenvalue weighted by Crippen LogP contribution is -2.27. The van der Waals surface area contributed by atoms with Crippen molar-refractivity contribution in [3.63, 3.8) is 0 Å². The molecule has 3 heteroatoms. The Morgan fingerprint density at radius 3 is 2.55 bits per heavy atom. The Morgan fingerprint density at radius 2 is 1.77 bits per heavy atom. The molecular weight excluding hydrogens is 272 g/mol. The van der Waals surface area contributed by atoms with Crippen LogP contribution in [0.4, 0.5) is 0 Å². The zero-order chi connectivity index (χ0) is 15.5. The summed E-state index contributed by atoms with van der Waals surface area (Å²) >= 11 is 0. The van der Waals surface area contributed by atoms with Crippen LogP contribution in [-0.4, -0.2) is 10.5 Å². The van der Waals surface area contributed by atoms with E-state index in [1.54, 1.807) is 0 Å². The molecule has 1 N–H and O–H groups in total. The van der Waals surface area contributed by atoms with Gasteiger partial charge < -0.3 is 9.88 Å². The van der Waals surface area contributed by atoms with Crippen LogP contribution in [0.5, 0.6) is 0 Å². The van der Waals surface area contributed by atoms with Crippen LogP contribution in [0.25, 0.3) is 10.9 Å². The molecule has 0 bridgehead atoms. The van der Waals surface area contributed by atoms with Gasteiger partial charge in [0.2, 0.25) is 5.91 Å². The maximum absolute atomic E-state index is 12.2. The summed E-state index contributed by atoms with van der Waals surface area (Å²) in [7, 11) is 0. The second-order valence-corrected chi connectivity index (χ2v) is 5.69. The van der Waals surface area contributed by atoms with Gasteiger partial charge in [0.1, 0.15) is 6.54 Å². The fourth-order valence-electron chi connectivity index (χ4n) is 2.66. The molecule has 3 nitrogen and oxygen atoms in total. The molecule has 0 aliphatic heterocycles. The van der Waals surface area contributed by atoms with E-state index in [4.69, 9.17) is 0 Å². The topological polar surface area (TPSA) is 34.0 Å². The number of hydrogen-bond donors (Lipinski definition) is 1. The van der Waals surface area contributed by atoms with Crippen LogP contribution in [0.3, 0.4) is 0 Å². The molecule has 0 aliphatic rings. The third-order valence-corrected chi connectivity index (χ3v) is 3.93. The number of aromatic nitrogens is 1. The fraction of sp³-hybridized carbons (Fsp3) is 0.211. The highest BCUT2D eigenvalue weighted by molar-refractivity contribution is 5.84. The molecule has 22 heavy (non-hydrogen) atoms. The number of carbonyl (C=O) groups is 1. The summed E-state index contributed by atoms with van der Waals surface area (Å²) in [6.45, 7) is 5.01. The lowest BCUT2D eigenvalue weighted by Gasteiger charge is -2.09. The van der Waals surface area contributed by atoms with E-state index in [0.717, 1.165) is 16.8 Å². The van der Waals surface area contributed by atoms with Gasteiger partial charge in [-0.25, -0.2) is 0 Å². The number of hydrogen-bond acceptors (Lipinski definition) is 1. The molecule has 112 valence electrons. The standard InChI is InChI=1S/C19H20N2O/c1-14-7-9-16(10-8-14)12-20-19(22)13-21-15(2)11-17-5-3-4-6-18(17)21/h3-11H,12-13H2,1-2H3,(H,20,22). The molecule has 0 aliphatic carbocycles. The van der Waals surface area contributed by atoms with Crippen molar-refractivity contribution in [3.05, 3.63) is 71.4 Å². The molecule has 2 aromatic carbocycles. The Hall–Kier alpha value is -2.55. The van der Waals surface area contributed by atoms with Gasteiger partial charge in [0.25, 0.3) is 0 Å². The number of carbonyl (C=O) groups excluding carboxylic acids is 1. The van der Waals surface area contributed by atoms with Crippen LogP contribution in [0, 0.1) is 13.8 Å². The van der Waals surface area contributed by atoms with Crippen molar-refractivity contribution in [3.8, 4) is 0 Å². The summed E-state index contributed by atoms with van der Waals surface area (Å²) in [6.07, 6.45) is 0. The predicted molar refractivity (Wildman–Crippen MR) is 89.7 cm³/mol. The highest BCUT2D eigenvalue weighted by Crippen LogP contribution is 2.18. The molecule has 0 spiro atoms. The van der Waals surface area contributed by atoms with Gasteiger partial charge in [0, 0.05) is 17.8 Å². The van der Waals surface area contributed by atoms with Gasteiger partial charge in [-0.2, -0.15) is 0 Å². The first-order chi connectivity index (χ1) is 10.6. The van der Waals surface area contributed by atoms with Crippen molar-refractivity contribution in [2.24, 2.45) is 0 Å². The van der Waals surface area contributed by atoms with Gasteiger partial charge in [-0.15, -0.1) is 0 Å². The van der Waals surface area contributed by atoms with Gasteiger partial charge in [-0.3, -0.25) is 4.79 Å². The third-order valence-electron chi connectivity index (χ3n) is 3.93. The maximum atomic E-state index is 12.2. The third kappa shape index (κ3) is 3.03. The van der Waals surface area contributed by atoms with Crippen molar-refractivity contribution < 1.29 is 4.79 Å². The van der Waals surface area contributed by atoms with E-state index in [2.05, 4.69) is 47.1 Å². The largest absolute Gasteiger partial charge is 0.350 e. The predicted octanol–water partition coefficient (Wildman–Crippen LogP) is 3.57. The van der Waals surface area contributed by atoms with Crippen LogP contribution >= 0.6 is 0 Å². The molecule has 0 unspecified atom stereocenters. The first kappa shape index (κ1) is 14.4. The molecule has 3 aromatic rings. The zero-order valence-electron chi connectivity index (χ0n) is 13.0. The van der Waals surface area contributed by atoms with Crippen LogP contribution < -0.4 is 5.32 Å². The number of benzene rings is 2. The van der Waals surface area contributed by atoms with E-state index >= 15 is 0 Å². The Morgan fingerprint density at radius 1 is 1.05 bits per heavy atom. The number of rotatable bonds is 4. The lowest BCUT2D eigenvalue weighted by atomic mass is 10.1. The summed E-state index contributed by atoms with van der Waals surface area (Å²) in [5, 5.41) is 4.16. The smallest absolute Gasteiger partial charge is 0.240 e. The first-order valence-electron chi connectivity index (χ1n) is 7.50.